The van der Waals surface area contributed by atoms with E-state index >= 15 is 4.39 Å². The molecule has 0 spiro atoms. The lowest BCUT2D eigenvalue weighted by molar-refractivity contribution is 0.0698. The number of pyridine rings is 2. The van der Waals surface area contributed by atoms with Gasteiger partial charge in [0.1, 0.15) is 36.3 Å². The Labute approximate surface area is 209 Å². The SMILES string of the molecule is Cc1c(Oc2ccn3ncnc3c2)ccc(Nc2ncnc3cc4c(nc23)N2CCOC[C@H]2CO4)c1F. The van der Waals surface area contributed by atoms with E-state index in [4.69, 9.17) is 19.2 Å². The molecule has 7 rings (SSSR count). The molecule has 0 bridgehead atoms. The van der Waals surface area contributed by atoms with E-state index in [9.17, 15) is 0 Å². The van der Waals surface area contributed by atoms with Gasteiger partial charge in [-0.1, -0.05) is 0 Å². The molecule has 186 valence electrons. The molecule has 0 aliphatic carbocycles. The highest BCUT2D eigenvalue weighted by Gasteiger charge is 2.32. The van der Waals surface area contributed by atoms with Gasteiger partial charge in [0.05, 0.1) is 30.5 Å². The maximum Gasteiger partial charge on any atom is 0.172 e. The van der Waals surface area contributed by atoms with Gasteiger partial charge in [0.15, 0.2) is 28.8 Å². The summed E-state index contributed by atoms with van der Waals surface area (Å²) in [7, 11) is 0. The fourth-order valence-corrected chi connectivity index (χ4v) is 4.61. The van der Waals surface area contributed by atoms with Crippen molar-refractivity contribution < 1.29 is 18.6 Å². The minimum atomic E-state index is -0.456. The topological polar surface area (TPSA) is 112 Å². The minimum absolute atomic E-state index is 0.102. The largest absolute Gasteiger partial charge is 0.487 e. The highest BCUT2D eigenvalue weighted by molar-refractivity contribution is 5.90. The van der Waals surface area contributed by atoms with E-state index in [0.717, 1.165) is 12.4 Å². The third-order valence-electron chi connectivity index (χ3n) is 6.56. The molecule has 4 aromatic heterocycles. The van der Waals surface area contributed by atoms with Gasteiger partial charge in [-0.3, -0.25) is 0 Å². The molecule has 2 aliphatic heterocycles. The summed E-state index contributed by atoms with van der Waals surface area (Å²) in [5, 5.41) is 7.16. The van der Waals surface area contributed by atoms with Crippen LogP contribution in [-0.4, -0.2) is 62.0 Å². The maximum absolute atomic E-state index is 15.5. The van der Waals surface area contributed by atoms with Gasteiger partial charge in [0.2, 0.25) is 0 Å². The van der Waals surface area contributed by atoms with E-state index in [0.29, 0.717) is 65.1 Å². The molecule has 11 nitrogen and oxygen atoms in total. The van der Waals surface area contributed by atoms with Crippen molar-refractivity contribution in [2.24, 2.45) is 0 Å². The van der Waals surface area contributed by atoms with Crippen molar-refractivity contribution in [2.45, 2.75) is 13.0 Å². The first-order valence-corrected chi connectivity index (χ1v) is 11.8. The maximum atomic E-state index is 15.5. The zero-order valence-corrected chi connectivity index (χ0v) is 19.8. The van der Waals surface area contributed by atoms with Crippen LogP contribution in [0.3, 0.4) is 0 Å². The van der Waals surface area contributed by atoms with Crippen molar-refractivity contribution in [3.05, 3.63) is 60.6 Å². The molecule has 0 amide bonds. The second-order valence-electron chi connectivity index (χ2n) is 8.84. The van der Waals surface area contributed by atoms with Gasteiger partial charge in [-0.2, -0.15) is 5.10 Å². The number of nitrogens with zero attached hydrogens (tertiary/aromatic N) is 7. The number of rotatable bonds is 4. The zero-order chi connectivity index (χ0) is 24.9. The van der Waals surface area contributed by atoms with Gasteiger partial charge in [0, 0.05) is 30.4 Å². The van der Waals surface area contributed by atoms with E-state index in [-0.39, 0.29) is 11.7 Å². The van der Waals surface area contributed by atoms with Crippen LogP contribution in [0.4, 0.5) is 21.7 Å². The predicted molar refractivity (Wildman–Crippen MR) is 132 cm³/mol. The van der Waals surface area contributed by atoms with Crippen LogP contribution in [-0.2, 0) is 4.74 Å². The molecule has 1 saturated heterocycles. The minimum Gasteiger partial charge on any atom is -0.487 e. The Morgan fingerprint density at radius 2 is 2.05 bits per heavy atom. The molecular formula is C25H21FN8O3. The number of morpholine rings is 1. The summed E-state index contributed by atoms with van der Waals surface area (Å²) in [6.45, 7) is 4.12. The lowest BCUT2D eigenvalue weighted by atomic mass is 10.1. The summed E-state index contributed by atoms with van der Waals surface area (Å²) in [4.78, 5) is 19.9. The van der Waals surface area contributed by atoms with Crippen LogP contribution in [0.1, 0.15) is 5.56 Å². The number of hydrogen-bond donors (Lipinski definition) is 1. The van der Waals surface area contributed by atoms with Crippen molar-refractivity contribution in [1.29, 1.82) is 0 Å². The monoisotopic (exact) mass is 500 g/mol. The van der Waals surface area contributed by atoms with Crippen LogP contribution in [0.15, 0.2) is 49.2 Å². The van der Waals surface area contributed by atoms with E-state index in [1.807, 2.05) is 6.07 Å². The smallest absolute Gasteiger partial charge is 0.172 e. The van der Waals surface area contributed by atoms with E-state index in [1.54, 1.807) is 41.9 Å². The second kappa shape index (κ2) is 8.52. The Morgan fingerprint density at radius 1 is 1.11 bits per heavy atom. The highest BCUT2D eigenvalue weighted by Crippen LogP contribution is 2.38. The van der Waals surface area contributed by atoms with Gasteiger partial charge in [-0.05, 0) is 25.1 Å². The van der Waals surface area contributed by atoms with Gasteiger partial charge in [-0.25, -0.2) is 28.8 Å². The van der Waals surface area contributed by atoms with Gasteiger partial charge in [-0.15, -0.1) is 0 Å². The summed E-state index contributed by atoms with van der Waals surface area (Å²) >= 11 is 0. The van der Waals surface area contributed by atoms with Crippen molar-refractivity contribution in [1.82, 2.24) is 29.5 Å². The fourth-order valence-electron chi connectivity index (χ4n) is 4.61. The number of fused-ring (bicyclic) bond motifs is 5. The predicted octanol–water partition coefficient (Wildman–Crippen LogP) is 3.65. The van der Waals surface area contributed by atoms with Crippen LogP contribution in [0, 0.1) is 12.7 Å². The molecule has 2 aliphatic rings. The van der Waals surface area contributed by atoms with E-state index < -0.39 is 5.82 Å². The van der Waals surface area contributed by atoms with Crippen LogP contribution in [0.5, 0.6) is 17.2 Å². The van der Waals surface area contributed by atoms with Gasteiger partial charge < -0.3 is 24.4 Å². The number of ether oxygens (including phenoxy) is 3. The molecule has 37 heavy (non-hydrogen) atoms. The molecule has 0 radical (unpaired) electrons. The third-order valence-corrected chi connectivity index (χ3v) is 6.56. The summed E-state index contributed by atoms with van der Waals surface area (Å²) < 4.78 is 34.5. The Balaban J connectivity index is 1.21. The zero-order valence-electron chi connectivity index (χ0n) is 19.8. The van der Waals surface area contributed by atoms with Crippen LogP contribution >= 0.6 is 0 Å². The third kappa shape index (κ3) is 3.73. The van der Waals surface area contributed by atoms with Crippen LogP contribution in [0.25, 0.3) is 16.7 Å². The van der Waals surface area contributed by atoms with Crippen molar-refractivity contribution in [3.63, 3.8) is 0 Å². The van der Waals surface area contributed by atoms with Crippen LogP contribution < -0.4 is 19.7 Å². The Kier molecular flexibility index (Phi) is 4.99. The van der Waals surface area contributed by atoms with Gasteiger partial charge in [0.25, 0.3) is 0 Å². The number of nitrogens with one attached hydrogen (secondary N) is 1. The molecule has 1 atom stereocenters. The first kappa shape index (κ1) is 21.7. The van der Waals surface area contributed by atoms with E-state index in [1.165, 1.54) is 12.7 Å². The summed E-state index contributed by atoms with van der Waals surface area (Å²) in [6.07, 6.45) is 4.61. The highest BCUT2D eigenvalue weighted by atomic mass is 19.1. The van der Waals surface area contributed by atoms with E-state index in [2.05, 4.69) is 30.3 Å². The molecule has 1 N–H and O–H groups in total. The van der Waals surface area contributed by atoms with Gasteiger partial charge >= 0.3 is 0 Å². The molecule has 6 heterocycles. The number of hydrogen-bond acceptors (Lipinski definition) is 10. The molecule has 1 aromatic carbocycles. The molecule has 12 heteroatoms. The van der Waals surface area contributed by atoms with Crippen molar-refractivity contribution in [3.8, 4) is 17.2 Å². The summed E-state index contributed by atoms with van der Waals surface area (Å²) in [5.41, 5.74) is 2.35. The van der Waals surface area contributed by atoms with Crippen LogP contribution in [0.2, 0.25) is 0 Å². The van der Waals surface area contributed by atoms with Crippen molar-refractivity contribution in [2.75, 3.05) is 36.6 Å². The number of anilines is 3. The Bertz CT molecular complexity index is 1660. The normalized spacial score (nSPS) is 16.8. The molecule has 0 unspecified atom stereocenters. The summed E-state index contributed by atoms with van der Waals surface area (Å²) in [6, 6.07) is 8.75. The fraction of sp³-hybridized carbons (Fsp3) is 0.240. The lowest BCUT2D eigenvalue weighted by Crippen LogP contribution is -2.51. The molecule has 5 aromatic rings. The molecular weight excluding hydrogens is 479 g/mol. The Hall–Kier alpha value is -4.58. The lowest BCUT2D eigenvalue weighted by Gasteiger charge is -2.40. The molecule has 1 fully saturated rings. The standard InChI is InChI=1S/C25H21FN8O3/c1-14-19(37-16-4-5-34-21(8-16)28-13-30-34)3-2-17(22(14)26)31-24-23-18(27-12-29-24)9-20-25(32-23)33-6-7-35-10-15(33)11-36-20/h2-5,8-9,12-13,15H,6-7,10-11H2,1H3,(H,27,29,31)/t15-/m0/s1. The average molecular weight is 500 g/mol. The Morgan fingerprint density at radius 3 is 3.00 bits per heavy atom. The quantitative estimate of drug-likeness (QED) is 0.392. The second-order valence-corrected chi connectivity index (χ2v) is 8.84. The first-order chi connectivity index (χ1) is 18.1. The number of aromatic nitrogens is 6. The molecule has 0 saturated carbocycles. The summed E-state index contributed by atoms with van der Waals surface area (Å²) in [5.74, 6) is 2.25. The van der Waals surface area contributed by atoms with Crippen molar-refractivity contribution >= 4 is 34.0 Å². The number of halogens is 1. The number of benzene rings is 1. The first-order valence-electron chi connectivity index (χ1n) is 11.8. The average Bonchev–Trinajstić information content (AvgIpc) is 3.40.